The number of halogens is 3. The largest absolute Gasteiger partial charge is 0.389 e. The number of thiocarbonyl (C=S) groups is 1. The number of nitrogens with zero attached hydrogens (tertiary/aromatic N) is 1. The first-order valence-electron chi connectivity index (χ1n) is 4.95. The summed E-state index contributed by atoms with van der Waals surface area (Å²) >= 11 is 4.72. The molecule has 1 heterocycles. The first kappa shape index (κ1) is 13.7. The molecule has 0 fully saturated rings. The lowest BCUT2D eigenvalue weighted by Crippen LogP contribution is -2.12. The predicted molar refractivity (Wildman–Crippen MR) is 63.9 cm³/mol. The molecule has 3 nitrogen and oxygen atoms in total. The van der Waals surface area contributed by atoms with Crippen LogP contribution in [0.1, 0.15) is 18.5 Å². The van der Waals surface area contributed by atoms with Gasteiger partial charge in [0.05, 0.1) is 17.6 Å². The second-order valence-corrected chi connectivity index (χ2v) is 3.88. The van der Waals surface area contributed by atoms with Crippen LogP contribution in [0.4, 0.5) is 18.9 Å². The number of anilines is 1. The predicted octanol–water partition coefficient (Wildman–Crippen LogP) is 2.47. The summed E-state index contributed by atoms with van der Waals surface area (Å²) in [6, 6.07) is 3.30. The van der Waals surface area contributed by atoms with Crippen molar-refractivity contribution in [2.24, 2.45) is 5.73 Å². The van der Waals surface area contributed by atoms with Crippen LogP contribution in [0.2, 0.25) is 0 Å². The Kier molecular flexibility index (Phi) is 4.68. The van der Waals surface area contributed by atoms with Crippen LogP contribution >= 0.6 is 12.2 Å². The van der Waals surface area contributed by atoms with E-state index in [9.17, 15) is 13.2 Å². The number of nitrogens with two attached hydrogens (primary N) is 1. The Morgan fingerprint density at radius 2 is 2.12 bits per heavy atom. The molecule has 0 aromatic carbocycles. The summed E-state index contributed by atoms with van der Waals surface area (Å²) in [5.41, 5.74) is 6.49. The Labute approximate surface area is 102 Å². The van der Waals surface area contributed by atoms with Crippen molar-refractivity contribution >= 4 is 22.9 Å². The maximum atomic E-state index is 11.9. The van der Waals surface area contributed by atoms with Gasteiger partial charge in [-0.1, -0.05) is 12.2 Å². The van der Waals surface area contributed by atoms with E-state index >= 15 is 0 Å². The lowest BCUT2D eigenvalue weighted by atomic mass is 10.3. The average Bonchev–Trinajstić information content (AvgIpc) is 2.24. The fourth-order valence-corrected chi connectivity index (χ4v) is 1.29. The van der Waals surface area contributed by atoms with Crippen LogP contribution in [0.3, 0.4) is 0 Å². The molecule has 0 unspecified atom stereocenters. The number of pyridine rings is 1. The number of rotatable bonds is 5. The molecule has 0 spiro atoms. The summed E-state index contributed by atoms with van der Waals surface area (Å²) in [6.45, 7) is 0.244. The van der Waals surface area contributed by atoms with Gasteiger partial charge in [-0.2, -0.15) is 13.2 Å². The number of hydrogen-bond donors (Lipinski definition) is 2. The lowest BCUT2D eigenvalue weighted by molar-refractivity contribution is -0.134. The second kappa shape index (κ2) is 5.81. The molecule has 0 saturated heterocycles. The summed E-state index contributed by atoms with van der Waals surface area (Å²) in [5, 5.41) is 2.84. The number of hydrogen-bond acceptors (Lipinski definition) is 3. The minimum atomic E-state index is -4.10. The molecule has 7 heteroatoms. The van der Waals surface area contributed by atoms with Crippen molar-refractivity contribution in [3.05, 3.63) is 24.0 Å². The van der Waals surface area contributed by atoms with Gasteiger partial charge in [0.15, 0.2) is 0 Å². The number of nitrogens with one attached hydrogen (secondary N) is 1. The van der Waals surface area contributed by atoms with E-state index in [1.54, 1.807) is 12.1 Å². The van der Waals surface area contributed by atoms with E-state index in [0.29, 0.717) is 11.4 Å². The molecule has 0 aliphatic carbocycles. The molecule has 0 aliphatic rings. The Balaban J connectivity index is 2.35. The summed E-state index contributed by atoms with van der Waals surface area (Å²) in [5.74, 6) is 0. The number of alkyl halides is 3. The molecule has 0 amide bonds. The average molecular weight is 263 g/mol. The van der Waals surface area contributed by atoms with E-state index in [1.807, 2.05) is 0 Å². The number of aromatic nitrogens is 1. The lowest BCUT2D eigenvalue weighted by Gasteiger charge is -2.08. The van der Waals surface area contributed by atoms with Gasteiger partial charge in [-0.3, -0.25) is 4.98 Å². The first-order valence-corrected chi connectivity index (χ1v) is 5.36. The van der Waals surface area contributed by atoms with E-state index in [4.69, 9.17) is 18.0 Å². The monoisotopic (exact) mass is 263 g/mol. The van der Waals surface area contributed by atoms with Crippen molar-refractivity contribution in [1.29, 1.82) is 0 Å². The Morgan fingerprint density at radius 3 is 2.59 bits per heavy atom. The van der Waals surface area contributed by atoms with E-state index in [-0.39, 0.29) is 18.0 Å². The molecule has 1 aromatic heterocycles. The molecule has 0 radical (unpaired) electrons. The van der Waals surface area contributed by atoms with E-state index in [1.165, 1.54) is 6.20 Å². The highest BCUT2D eigenvalue weighted by Gasteiger charge is 2.25. The highest BCUT2D eigenvalue weighted by atomic mass is 32.1. The quantitative estimate of drug-likeness (QED) is 0.633. The minimum absolute atomic E-state index is 0.0283. The summed E-state index contributed by atoms with van der Waals surface area (Å²) in [4.78, 5) is 4.14. The SMILES string of the molecule is NC(=S)c1ccc(NCCCC(F)(F)F)cn1. The van der Waals surface area contributed by atoms with Gasteiger partial charge in [0, 0.05) is 13.0 Å². The zero-order chi connectivity index (χ0) is 12.9. The highest BCUT2D eigenvalue weighted by molar-refractivity contribution is 7.80. The van der Waals surface area contributed by atoms with Gasteiger partial charge >= 0.3 is 6.18 Å². The van der Waals surface area contributed by atoms with Crippen molar-refractivity contribution in [2.45, 2.75) is 19.0 Å². The van der Waals surface area contributed by atoms with Gasteiger partial charge in [-0.05, 0) is 18.6 Å². The molecule has 0 bridgehead atoms. The van der Waals surface area contributed by atoms with Gasteiger partial charge in [0.25, 0.3) is 0 Å². The molecule has 0 aliphatic heterocycles. The smallest absolute Gasteiger partial charge is 0.388 e. The van der Waals surface area contributed by atoms with E-state index in [2.05, 4.69) is 10.3 Å². The van der Waals surface area contributed by atoms with Crippen molar-refractivity contribution in [3.8, 4) is 0 Å². The van der Waals surface area contributed by atoms with Gasteiger partial charge in [0.1, 0.15) is 4.99 Å². The van der Waals surface area contributed by atoms with E-state index < -0.39 is 12.6 Å². The molecule has 1 aromatic rings. The highest BCUT2D eigenvalue weighted by Crippen LogP contribution is 2.21. The third-order valence-corrected chi connectivity index (χ3v) is 2.19. The molecule has 0 saturated carbocycles. The maximum Gasteiger partial charge on any atom is 0.389 e. The minimum Gasteiger partial charge on any atom is -0.388 e. The summed E-state index contributed by atoms with van der Waals surface area (Å²) in [6.07, 6.45) is -3.38. The van der Waals surface area contributed by atoms with Crippen molar-refractivity contribution in [1.82, 2.24) is 4.98 Å². The molecule has 3 N–H and O–H groups in total. The normalized spacial score (nSPS) is 11.2. The van der Waals surface area contributed by atoms with Gasteiger partial charge in [-0.15, -0.1) is 0 Å². The molecule has 94 valence electrons. The zero-order valence-electron chi connectivity index (χ0n) is 8.92. The molecule has 0 atom stereocenters. The topological polar surface area (TPSA) is 50.9 Å². The van der Waals surface area contributed by atoms with Gasteiger partial charge in [-0.25, -0.2) is 0 Å². The van der Waals surface area contributed by atoms with Crippen LogP contribution in [0.15, 0.2) is 18.3 Å². The zero-order valence-corrected chi connectivity index (χ0v) is 9.74. The van der Waals surface area contributed by atoms with Crippen molar-refractivity contribution in [2.75, 3.05) is 11.9 Å². The molecule has 1 rings (SSSR count). The van der Waals surface area contributed by atoms with Crippen molar-refractivity contribution < 1.29 is 13.2 Å². The van der Waals surface area contributed by atoms with Crippen LogP contribution in [0.5, 0.6) is 0 Å². The summed E-state index contributed by atoms with van der Waals surface area (Å²) < 4.78 is 35.6. The Morgan fingerprint density at radius 1 is 1.41 bits per heavy atom. The fraction of sp³-hybridized carbons (Fsp3) is 0.400. The maximum absolute atomic E-state index is 11.9. The Hall–Kier alpha value is -1.37. The van der Waals surface area contributed by atoms with Crippen LogP contribution in [-0.4, -0.2) is 22.7 Å². The third kappa shape index (κ3) is 5.48. The van der Waals surface area contributed by atoms with Gasteiger partial charge < -0.3 is 11.1 Å². The Bertz CT molecular complexity index is 375. The summed E-state index contributed by atoms with van der Waals surface area (Å²) in [7, 11) is 0. The fourth-order valence-electron chi connectivity index (χ4n) is 1.17. The third-order valence-electron chi connectivity index (χ3n) is 1.98. The first-order chi connectivity index (χ1) is 7.88. The molecule has 17 heavy (non-hydrogen) atoms. The molecular formula is C10H12F3N3S. The van der Waals surface area contributed by atoms with Crippen LogP contribution in [-0.2, 0) is 0 Å². The molecular weight excluding hydrogens is 251 g/mol. The van der Waals surface area contributed by atoms with Crippen LogP contribution in [0.25, 0.3) is 0 Å². The second-order valence-electron chi connectivity index (χ2n) is 3.44. The van der Waals surface area contributed by atoms with Crippen LogP contribution < -0.4 is 11.1 Å². The van der Waals surface area contributed by atoms with E-state index in [0.717, 1.165) is 0 Å². The van der Waals surface area contributed by atoms with Gasteiger partial charge in [0.2, 0.25) is 0 Å². The standard InChI is InChI=1S/C10H12F3N3S/c11-10(12,13)4-1-5-15-7-2-3-8(9(14)17)16-6-7/h2-3,6,15H,1,4-5H2,(H2,14,17). The van der Waals surface area contributed by atoms with Crippen molar-refractivity contribution in [3.63, 3.8) is 0 Å². The van der Waals surface area contributed by atoms with Crippen LogP contribution in [0, 0.1) is 0 Å².